The Morgan fingerprint density at radius 2 is 1.37 bits per heavy atom. The van der Waals surface area contributed by atoms with Gasteiger partial charge in [-0.05, 0) is 43.0 Å². The summed E-state index contributed by atoms with van der Waals surface area (Å²) in [6.45, 7) is 5.90. The first-order valence-corrected chi connectivity index (χ1v) is 11.0. The molecule has 150 valence electrons. The molecule has 0 aliphatic carbocycles. The maximum atomic E-state index is 11.6. The van der Waals surface area contributed by atoms with Crippen LogP contribution in [0.1, 0.15) is 39.5 Å². The van der Waals surface area contributed by atoms with Crippen LogP contribution in [0, 0.1) is 5.92 Å². The summed E-state index contributed by atoms with van der Waals surface area (Å²) in [6.07, 6.45) is 5.64. The van der Waals surface area contributed by atoms with Gasteiger partial charge in [-0.2, -0.15) is 0 Å². The van der Waals surface area contributed by atoms with Crippen molar-refractivity contribution >= 4 is 7.82 Å². The van der Waals surface area contributed by atoms with Crippen molar-refractivity contribution in [3.05, 3.63) is 60.7 Å². The molecule has 2 aromatic rings. The van der Waals surface area contributed by atoms with Crippen LogP contribution in [-0.4, -0.2) is 13.6 Å². The van der Waals surface area contributed by atoms with Gasteiger partial charge in [0.2, 0.25) is 0 Å². The molecule has 0 bridgehead atoms. The van der Waals surface area contributed by atoms with E-state index in [9.17, 15) is 9.46 Å². The molecule has 0 aliphatic rings. The molecule has 2 rings (SSSR count). The molecule has 0 unspecified atom stereocenters. The van der Waals surface area contributed by atoms with Crippen molar-refractivity contribution in [2.24, 2.45) is 5.92 Å². The fraction of sp³-hybridized carbons (Fsp3) is 0.429. The van der Waals surface area contributed by atoms with Crippen LogP contribution in [0.5, 0.6) is 11.5 Å². The smallest absolute Gasteiger partial charge is 0.372 e. The van der Waals surface area contributed by atoms with Gasteiger partial charge < -0.3 is 19.3 Å². The molecule has 0 aromatic heterocycles. The van der Waals surface area contributed by atoms with Gasteiger partial charge >= 0.3 is 7.82 Å². The average molecular weight is 393 g/mol. The second kappa shape index (κ2) is 13.4. The highest BCUT2D eigenvalue weighted by Crippen LogP contribution is 2.40. The normalized spacial score (nSPS) is 10.9. The third-order valence-electron chi connectivity index (χ3n) is 3.70. The number of quaternary nitrogens is 1. The van der Waals surface area contributed by atoms with E-state index in [1.54, 1.807) is 60.7 Å². The summed E-state index contributed by atoms with van der Waals surface area (Å²) in [7, 11) is -2.25. The first-order chi connectivity index (χ1) is 12.9. The van der Waals surface area contributed by atoms with Crippen molar-refractivity contribution in [2.75, 3.05) is 13.6 Å². The van der Waals surface area contributed by atoms with Crippen molar-refractivity contribution in [3.8, 4) is 11.5 Å². The van der Waals surface area contributed by atoms with Gasteiger partial charge in [0.05, 0.1) is 13.6 Å². The Bertz CT molecular complexity index is 604. The van der Waals surface area contributed by atoms with Gasteiger partial charge in [-0.1, -0.05) is 63.1 Å². The quantitative estimate of drug-likeness (QED) is 0.489. The standard InChI is InChI=1S/C12H11O4P.C9H21N/c13-17(14,15-11-7-3-1-4-8-11)16-12-9-5-2-6-10-12;1-9(2)7-5-4-6-8-10-3/h1-10H,(H,13,14);9-10H,4-8H2,1-3H3. The molecule has 0 amide bonds. The number of phosphoric acid groups is 1. The molecule has 0 atom stereocenters. The van der Waals surface area contributed by atoms with Crippen LogP contribution >= 0.6 is 7.82 Å². The maximum absolute atomic E-state index is 11.6. The molecule has 0 heterocycles. The summed E-state index contributed by atoms with van der Waals surface area (Å²) in [4.78, 5) is 11.6. The van der Waals surface area contributed by atoms with Gasteiger partial charge in [0.15, 0.2) is 0 Å². The molecule has 5 nitrogen and oxygen atoms in total. The van der Waals surface area contributed by atoms with E-state index in [0.29, 0.717) is 0 Å². The van der Waals surface area contributed by atoms with Crippen LogP contribution in [0.25, 0.3) is 0 Å². The van der Waals surface area contributed by atoms with Crippen LogP contribution in [0.4, 0.5) is 0 Å². The van der Waals surface area contributed by atoms with Gasteiger partial charge in [-0.15, -0.1) is 0 Å². The molecule has 27 heavy (non-hydrogen) atoms. The minimum atomic E-state index is -4.39. The topological polar surface area (TPSA) is 75.2 Å². The number of nitrogens with two attached hydrogens (primary N) is 1. The summed E-state index contributed by atoms with van der Waals surface area (Å²) in [6, 6.07) is 16.4. The van der Waals surface area contributed by atoms with Crippen LogP contribution in [0.3, 0.4) is 0 Å². The lowest BCUT2D eigenvalue weighted by molar-refractivity contribution is -0.627. The van der Waals surface area contributed by atoms with E-state index in [1.165, 1.54) is 32.2 Å². The predicted molar refractivity (Wildman–Crippen MR) is 108 cm³/mol. The van der Waals surface area contributed by atoms with Crippen LogP contribution in [-0.2, 0) is 4.57 Å². The third kappa shape index (κ3) is 12.2. The van der Waals surface area contributed by atoms with Crippen molar-refractivity contribution in [2.45, 2.75) is 39.5 Å². The van der Waals surface area contributed by atoms with Crippen molar-refractivity contribution < 1.29 is 23.8 Å². The summed E-state index contributed by atoms with van der Waals surface area (Å²) >= 11 is 0. The van der Waals surface area contributed by atoms with Gasteiger partial charge in [0.1, 0.15) is 11.5 Å². The van der Waals surface area contributed by atoms with Crippen LogP contribution in [0.2, 0.25) is 0 Å². The Labute approximate surface area is 163 Å². The number of phosphoric ester groups is 1. The second-order valence-corrected chi connectivity index (χ2v) is 7.96. The molecule has 2 aromatic carbocycles. The largest absolute Gasteiger partial charge is 0.736 e. The Kier molecular flexibility index (Phi) is 11.5. The molecule has 0 spiro atoms. The molecule has 0 aliphatic heterocycles. The summed E-state index contributed by atoms with van der Waals surface area (Å²) in [5.41, 5.74) is 0. The number of unbranched alkanes of at least 4 members (excludes halogenated alkanes) is 2. The Hall–Kier alpha value is -1.81. The van der Waals surface area contributed by atoms with E-state index < -0.39 is 7.82 Å². The second-order valence-electron chi connectivity index (χ2n) is 6.70. The molecule has 2 N–H and O–H groups in total. The van der Waals surface area contributed by atoms with Gasteiger partial charge in [0, 0.05) is 0 Å². The first kappa shape index (κ1) is 23.2. The lowest BCUT2D eigenvalue weighted by Crippen LogP contribution is -2.79. The zero-order valence-electron chi connectivity index (χ0n) is 16.5. The minimum Gasteiger partial charge on any atom is -0.736 e. The molecule has 0 saturated heterocycles. The Morgan fingerprint density at radius 1 is 0.889 bits per heavy atom. The van der Waals surface area contributed by atoms with Crippen LogP contribution < -0.4 is 19.3 Å². The van der Waals surface area contributed by atoms with Crippen LogP contribution in [0.15, 0.2) is 60.7 Å². The molecular formula is C21H32NO4P. The van der Waals surface area contributed by atoms with Crippen molar-refractivity contribution in [3.63, 3.8) is 0 Å². The lowest BCUT2D eigenvalue weighted by Gasteiger charge is -2.23. The van der Waals surface area contributed by atoms with E-state index in [2.05, 4.69) is 26.2 Å². The molecule has 0 fully saturated rings. The van der Waals surface area contributed by atoms with Gasteiger partial charge in [-0.25, -0.2) is 4.57 Å². The van der Waals surface area contributed by atoms with Gasteiger partial charge in [-0.3, -0.25) is 0 Å². The number of para-hydroxylation sites is 2. The van der Waals surface area contributed by atoms with E-state index in [-0.39, 0.29) is 11.5 Å². The first-order valence-electron chi connectivity index (χ1n) is 9.51. The fourth-order valence-corrected chi connectivity index (χ4v) is 3.11. The Morgan fingerprint density at radius 3 is 1.78 bits per heavy atom. The monoisotopic (exact) mass is 393 g/mol. The predicted octanol–water partition coefficient (Wildman–Crippen LogP) is 4.01. The molecule has 0 saturated carbocycles. The minimum absolute atomic E-state index is 0.224. The van der Waals surface area contributed by atoms with E-state index >= 15 is 0 Å². The highest BCUT2D eigenvalue weighted by atomic mass is 31.2. The van der Waals surface area contributed by atoms with Crippen molar-refractivity contribution in [1.29, 1.82) is 0 Å². The van der Waals surface area contributed by atoms with E-state index in [4.69, 9.17) is 9.05 Å². The number of hydrogen-bond acceptors (Lipinski definition) is 4. The van der Waals surface area contributed by atoms with E-state index in [1.807, 2.05) is 0 Å². The highest BCUT2D eigenvalue weighted by molar-refractivity contribution is 7.46. The fourth-order valence-electron chi connectivity index (χ4n) is 2.32. The number of hydrogen-bond donors (Lipinski definition) is 1. The molecule has 6 heteroatoms. The SMILES string of the molecule is C[NH2+]CCCCCC(C)C.O=P([O-])(Oc1ccccc1)Oc1ccccc1. The summed E-state index contributed by atoms with van der Waals surface area (Å²) in [5.74, 6) is 1.34. The third-order valence-corrected chi connectivity index (χ3v) is 4.56. The number of benzene rings is 2. The lowest BCUT2D eigenvalue weighted by atomic mass is 10.1. The maximum Gasteiger partial charge on any atom is 0.372 e. The highest BCUT2D eigenvalue weighted by Gasteiger charge is 2.12. The number of rotatable bonds is 10. The molecular weight excluding hydrogens is 361 g/mol. The average Bonchev–Trinajstić information content (AvgIpc) is 2.63. The van der Waals surface area contributed by atoms with Gasteiger partial charge in [0.25, 0.3) is 0 Å². The summed E-state index contributed by atoms with van der Waals surface area (Å²) in [5, 5.41) is 2.26. The Balaban J connectivity index is 0.000000314. The van der Waals surface area contributed by atoms with E-state index in [0.717, 1.165) is 5.92 Å². The molecule has 0 radical (unpaired) electrons. The summed E-state index contributed by atoms with van der Waals surface area (Å²) < 4.78 is 21.1. The zero-order chi connectivity index (χ0) is 20.0. The van der Waals surface area contributed by atoms with Crippen molar-refractivity contribution in [1.82, 2.24) is 0 Å². The zero-order valence-corrected chi connectivity index (χ0v) is 17.4.